The largest absolute Gasteiger partial charge is 1.00 e. The van der Waals surface area contributed by atoms with Crippen molar-refractivity contribution in [2.24, 2.45) is 0 Å². The van der Waals surface area contributed by atoms with E-state index in [-0.39, 0.29) is 36.0 Å². The second-order valence-corrected chi connectivity index (χ2v) is 5.38. The van der Waals surface area contributed by atoms with Gasteiger partial charge in [0.15, 0.2) is 0 Å². The fraction of sp³-hybridized carbons (Fsp3) is 0.833. The molecule has 0 spiro atoms. The minimum absolute atomic E-state index is 0. The van der Waals surface area contributed by atoms with Crippen molar-refractivity contribution in [1.29, 1.82) is 0 Å². The van der Waals surface area contributed by atoms with Crippen molar-refractivity contribution in [1.82, 2.24) is 0 Å². The van der Waals surface area contributed by atoms with E-state index in [1.807, 2.05) is 6.08 Å². The van der Waals surface area contributed by atoms with Gasteiger partial charge >= 0.3 is 29.6 Å². The Labute approximate surface area is 155 Å². The number of carbonyl (C=O) groups is 1. The Morgan fingerprint density at radius 3 is 1.71 bits per heavy atom. The van der Waals surface area contributed by atoms with E-state index < -0.39 is 5.97 Å². The van der Waals surface area contributed by atoms with Crippen LogP contribution in [0.4, 0.5) is 0 Å². The summed E-state index contributed by atoms with van der Waals surface area (Å²) < 4.78 is 0. The molecule has 0 N–H and O–H groups in total. The smallest absolute Gasteiger partial charge is 0.550 e. The van der Waals surface area contributed by atoms with E-state index in [9.17, 15) is 9.90 Å². The molecule has 0 saturated heterocycles. The van der Waals surface area contributed by atoms with E-state index in [2.05, 4.69) is 20.4 Å². The van der Waals surface area contributed by atoms with Gasteiger partial charge in [0, 0.05) is 5.97 Å². The number of unbranched alkanes of at least 4 members (excludes halogenated alkanes) is 10. The molecule has 0 aromatic carbocycles. The van der Waals surface area contributed by atoms with Crippen LogP contribution in [0.25, 0.3) is 0 Å². The van der Waals surface area contributed by atoms with Crippen LogP contribution in [0.15, 0.2) is 12.7 Å². The summed E-state index contributed by atoms with van der Waals surface area (Å²) in [5.74, 6) is -0.920. The molecule has 0 atom stereocenters. The van der Waals surface area contributed by atoms with Crippen molar-refractivity contribution in [3.63, 3.8) is 0 Å². The van der Waals surface area contributed by atoms with Gasteiger partial charge in [-0.25, -0.2) is 0 Å². The first-order valence-corrected chi connectivity index (χ1v) is 8.49. The Balaban J connectivity index is -0.000000295. The van der Waals surface area contributed by atoms with Gasteiger partial charge in [0.1, 0.15) is 0 Å². The SMILES string of the molecule is C=CCCCCCCCC.CCCCCCCC(=O)[O-].[Na+]. The zero-order chi connectivity index (χ0) is 15.5. The summed E-state index contributed by atoms with van der Waals surface area (Å²) in [5, 5.41) is 9.92. The summed E-state index contributed by atoms with van der Waals surface area (Å²) in [6.07, 6.45) is 17.2. The summed E-state index contributed by atoms with van der Waals surface area (Å²) in [7, 11) is 0. The molecule has 21 heavy (non-hydrogen) atoms. The molecule has 0 rings (SSSR count). The number of carbonyl (C=O) groups excluding carboxylic acids is 1. The molecule has 0 fully saturated rings. The minimum atomic E-state index is -0.920. The van der Waals surface area contributed by atoms with Gasteiger partial charge in [-0.1, -0.05) is 77.7 Å². The van der Waals surface area contributed by atoms with Crippen LogP contribution in [-0.2, 0) is 4.79 Å². The summed E-state index contributed by atoms with van der Waals surface area (Å²) in [4.78, 5) is 9.92. The van der Waals surface area contributed by atoms with Gasteiger partial charge in [0.2, 0.25) is 0 Å². The normalized spacial score (nSPS) is 9.24. The molecule has 0 aliphatic rings. The number of aliphatic carboxylic acids is 1. The number of rotatable bonds is 13. The van der Waals surface area contributed by atoms with Crippen LogP contribution in [0.2, 0.25) is 0 Å². The van der Waals surface area contributed by atoms with Crippen molar-refractivity contribution >= 4 is 5.97 Å². The molecule has 0 saturated carbocycles. The van der Waals surface area contributed by atoms with E-state index in [4.69, 9.17) is 0 Å². The average molecular weight is 306 g/mol. The summed E-state index contributed by atoms with van der Waals surface area (Å²) in [5.41, 5.74) is 0. The molecule has 0 heterocycles. The molecule has 2 nitrogen and oxygen atoms in total. The third-order valence-corrected chi connectivity index (χ3v) is 3.25. The quantitative estimate of drug-likeness (QED) is 0.297. The molecule has 3 heteroatoms. The summed E-state index contributed by atoms with van der Waals surface area (Å²) in [6, 6.07) is 0. The van der Waals surface area contributed by atoms with Gasteiger partial charge in [-0.15, -0.1) is 6.58 Å². The molecule has 0 aliphatic heterocycles. The molecule has 0 radical (unpaired) electrons. The number of allylic oxidation sites excluding steroid dienone is 1. The van der Waals surface area contributed by atoms with Crippen LogP contribution >= 0.6 is 0 Å². The molecule has 0 unspecified atom stereocenters. The van der Waals surface area contributed by atoms with Crippen molar-refractivity contribution in [2.45, 2.75) is 97.3 Å². The third-order valence-electron chi connectivity index (χ3n) is 3.25. The van der Waals surface area contributed by atoms with E-state index >= 15 is 0 Å². The second kappa shape index (κ2) is 25.2. The molecule has 0 aliphatic carbocycles. The first kappa shape index (κ1) is 26.1. The standard InChI is InChI=1S/C10H20.C8H16O2.Na/c1-3-5-7-9-10-8-6-4-2;1-2-3-4-5-6-7-8(9)10;/h3H,1,4-10H2,2H3;2-7H2,1H3,(H,9,10);/q;;+1/p-1. The zero-order valence-corrected chi connectivity index (χ0v) is 16.8. The predicted molar refractivity (Wildman–Crippen MR) is 86.6 cm³/mol. The van der Waals surface area contributed by atoms with E-state index in [1.165, 1.54) is 57.8 Å². The Kier molecular flexibility index (Phi) is 31.3. The Hall–Kier alpha value is 0.210. The van der Waals surface area contributed by atoms with Crippen molar-refractivity contribution < 1.29 is 39.5 Å². The van der Waals surface area contributed by atoms with Gasteiger partial charge in [-0.05, 0) is 25.7 Å². The molecule has 0 amide bonds. The van der Waals surface area contributed by atoms with Crippen molar-refractivity contribution in [3.05, 3.63) is 12.7 Å². The van der Waals surface area contributed by atoms with E-state index in [0.717, 1.165) is 19.3 Å². The number of carboxylic acid groups (broad SMARTS) is 1. The van der Waals surface area contributed by atoms with E-state index in [0.29, 0.717) is 0 Å². The topological polar surface area (TPSA) is 40.1 Å². The maximum Gasteiger partial charge on any atom is 1.00 e. The molecule has 120 valence electrons. The molecule has 0 aromatic heterocycles. The van der Waals surface area contributed by atoms with Gasteiger partial charge in [-0.3, -0.25) is 0 Å². The van der Waals surface area contributed by atoms with Crippen LogP contribution in [0.1, 0.15) is 97.3 Å². The third kappa shape index (κ3) is 33.2. The monoisotopic (exact) mass is 306 g/mol. The first-order chi connectivity index (χ1) is 9.68. The van der Waals surface area contributed by atoms with Gasteiger partial charge < -0.3 is 9.90 Å². The van der Waals surface area contributed by atoms with Crippen molar-refractivity contribution in [3.8, 4) is 0 Å². The molecular formula is C18H35NaO2. The fourth-order valence-corrected chi connectivity index (χ4v) is 1.94. The fourth-order valence-electron chi connectivity index (χ4n) is 1.94. The van der Waals surface area contributed by atoms with E-state index in [1.54, 1.807) is 0 Å². The van der Waals surface area contributed by atoms with Gasteiger partial charge in [0.25, 0.3) is 0 Å². The number of hydrogen-bond acceptors (Lipinski definition) is 2. The van der Waals surface area contributed by atoms with Gasteiger partial charge in [-0.2, -0.15) is 0 Å². The van der Waals surface area contributed by atoms with Crippen LogP contribution in [0.5, 0.6) is 0 Å². The molecule has 0 bridgehead atoms. The minimum Gasteiger partial charge on any atom is -0.550 e. The van der Waals surface area contributed by atoms with Crippen LogP contribution < -0.4 is 34.7 Å². The number of hydrogen-bond donors (Lipinski definition) is 0. The van der Waals surface area contributed by atoms with Gasteiger partial charge in [0.05, 0.1) is 0 Å². The number of carboxylic acids is 1. The summed E-state index contributed by atoms with van der Waals surface area (Å²) >= 11 is 0. The molecule has 0 aromatic rings. The van der Waals surface area contributed by atoms with Crippen LogP contribution in [-0.4, -0.2) is 5.97 Å². The predicted octanol–water partition coefficient (Wildman–Crippen LogP) is 2.02. The second-order valence-electron chi connectivity index (χ2n) is 5.38. The molecular weight excluding hydrogens is 271 g/mol. The van der Waals surface area contributed by atoms with Crippen LogP contribution in [0.3, 0.4) is 0 Å². The zero-order valence-electron chi connectivity index (χ0n) is 14.8. The average Bonchev–Trinajstić information content (AvgIpc) is 2.43. The Bertz CT molecular complexity index is 205. The van der Waals surface area contributed by atoms with Crippen LogP contribution in [0, 0.1) is 0 Å². The van der Waals surface area contributed by atoms with Crippen molar-refractivity contribution in [2.75, 3.05) is 0 Å². The Morgan fingerprint density at radius 2 is 1.29 bits per heavy atom. The maximum atomic E-state index is 9.92. The maximum absolute atomic E-state index is 9.92. The first-order valence-electron chi connectivity index (χ1n) is 8.49. The Morgan fingerprint density at radius 1 is 0.857 bits per heavy atom. The summed E-state index contributed by atoms with van der Waals surface area (Å²) in [6.45, 7) is 8.09.